The molecule has 1 saturated carbocycles. The van der Waals surface area contributed by atoms with E-state index in [0.29, 0.717) is 77.1 Å². The number of fused-ring (bicyclic) bond motifs is 1. The summed E-state index contributed by atoms with van der Waals surface area (Å²) in [5.41, 5.74) is 0. The molecule has 3 aliphatic rings. The van der Waals surface area contributed by atoms with Gasteiger partial charge in [-0.25, -0.2) is 4.79 Å². The molecule has 4 amide bonds. The molecule has 2 unspecified atom stereocenters. The summed E-state index contributed by atoms with van der Waals surface area (Å²) in [6.45, 7) is 3.51. The van der Waals surface area contributed by atoms with Crippen LogP contribution in [0.15, 0.2) is 12.2 Å². The Kier molecular flexibility index (Phi) is 12.4. The molecular weight excluding hydrogens is 482 g/mol. The SMILES string of the molecule is O=C(CCN1C(=O)C=CC1=O)NCCOCCOCCOCCNC(=O)OCC1C2CCC#CCCC21. The lowest BCUT2D eigenvalue weighted by atomic mass is 10.1. The van der Waals surface area contributed by atoms with E-state index >= 15 is 0 Å². The summed E-state index contributed by atoms with van der Waals surface area (Å²) in [4.78, 5) is 47.4. The third-order valence-corrected chi connectivity index (χ3v) is 6.54. The molecule has 0 aromatic heterocycles. The van der Waals surface area contributed by atoms with Crippen molar-refractivity contribution in [2.75, 3.05) is 65.9 Å². The first kappa shape index (κ1) is 28.6. The quantitative estimate of drug-likeness (QED) is 0.163. The predicted octanol–water partition coefficient (Wildman–Crippen LogP) is 0.633. The molecule has 0 aromatic carbocycles. The summed E-state index contributed by atoms with van der Waals surface area (Å²) in [5.74, 6) is 7.11. The smallest absolute Gasteiger partial charge is 0.407 e. The lowest BCUT2D eigenvalue weighted by Crippen LogP contribution is -2.35. The molecule has 37 heavy (non-hydrogen) atoms. The molecule has 1 aliphatic heterocycles. The van der Waals surface area contributed by atoms with Crippen LogP contribution in [-0.2, 0) is 33.3 Å². The summed E-state index contributed by atoms with van der Waals surface area (Å²) in [5, 5.41) is 5.37. The molecule has 0 aromatic rings. The molecule has 0 bridgehead atoms. The van der Waals surface area contributed by atoms with E-state index < -0.39 is 17.9 Å². The average Bonchev–Trinajstić information content (AvgIpc) is 3.40. The molecular formula is C26H37N3O8. The van der Waals surface area contributed by atoms with Crippen LogP contribution in [-0.4, -0.2) is 94.6 Å². The molecule has 0 spiro atoms. The van der Waals surface area contributed by atoms with Gasteiger partial charge in [-0.1, -0.05) is 0 Å². The van der Waals surface area contributed by atoms with E-state index in [2.05, 4.69) is 22.5 Å². The Balaban J connectivity index is 1.03. The zero-order chi connectivity index (χ0) is 26.3. The maximum Gasteiger partial charge on any atom is 0.407 e. The normalized spacial score (nSPS) is 21.9. The number of carbonyl (C=O) groups excluding carboxylic acids is 4. The van der Waals surface area contributed by atoms with E-state index in [4.69, 9.17) is 18.9 Å². The third kappa shape index (κ3) is 10.5. The number of alkyl carbamates (subject to hydrolysis) is 1. The van der Waals surface area contributed by atoms with Crippen molar-refractivity contribution in [2.24, 2.45) is 17.8 Å². The number of ether oxygens (including phenoxy) is 4. The standard InChI is InChI=1S/C26H37N3O8/c30-23(9-12-29-24(31)7-8-25(29)32)27-10-13-34-15-17-36-18-16-35-14-11-28-26(33)37-19-22-20-5-3-1-2-4-6-21(20)22/h7-8,20-22H,3-6,9-19H2,(H,27,30)(H,28,33). The number of amides is 4. The second-order valence-corrected chi connectivity index (χ2v) is 9.05. The highest BCUT2D eigenvalue weighted by atomic mass is 16.6. The Bertz CT molecular complexity index is 845. The number of rotatable bonds is 17. The topological polar surface area (TPSA) is 132 Å². The van der Waals surface area contributed by atoms with Gasteiger partial charge in [0.05, 0.1) is 46.2 Å². The highest BCUT2D eigenvalue weighted by molar-refractivity contribution is 6.13. The number of hydrogen-bond acceptors (Lipinski definition) is 8. The van der Waals surface area contributed by atoms with Crippen LogP contribution in [0, 0.1) is 29.6 Å². The van der Waals surface area contributed by atoms with Gasteiger partial charge in [0, 0.05) is 51.0 Å². The van der Waals surface area contributed by atoms with E-state index in [-0.39, 0.29) is 18.9 Å². The lowest BCUT2D eigenvalue weighted by Gasteiger charge is -2.13. The molecule has 2 aliphatic carbocycles. The first-order valence-corrected chi connectivity index (χ1v) is 13.0. The molecule has 0 saturated heterocycles. The number of nitrogens with zero attached hydrogens (tertiary/aromatic N) is 1. The van der Waals surface area contributed by atoms with Gasteiger partial charge >= 0.3 is 6.09 Å². The van der Waals surface area contributed by atoms with Gasteiger partial charge in [0.15, 0.2) is 0 Å². The van der Waals surface area contributed by atoms with Crippen molar-refractivity contribution < 1.29 is 38.1 Å². The zero-order valence-electron chi connectivity index (χ0n) is 21.2. The van der Waals surface area contributed by atoms with Crippen LogP contribution in [0.2, 0.25) is 0 Å². The van der Waals surface area contributed by atoms with Gasteiger partial charge < -0.3 is 29.6 Å². The largest absolute Gasteiger partial charge is 0.449 e. The van der Waals surface area contributed by atoms with Crippen LogP contribution in [0.5, 0.6) is 0 Å². The average molecular weight is 520 g/mol. The third-order valence-electron chi connectivity index (χ3n) is 6.54. The Morgan fingerprint density at radius 2 is 1.38 bits per heavy atom. The van der Waals surface area contributed by atoms with Crippen molar-refractivity contribution in [1.82, 2.24) is 15.5 Å². The minimum atomic E-state index is -0.405. The van der Waals surface area contributed by atoms with Crippen molar-refractivity contribution in [3.05, 3.63) is 12.2 Å². The van der Waals surface area contributed by atoms with Crippen LogP contribution in [0.4, 0.5) is 4.79 Å². The number of carbonyl (C=O) groups is 4. The Morgan fingerprint density at radius 3 is 1.97 bits per heavy atom. The molecule has 2 N–H and O–H groups in total. The summed E-state index contributed by atoms with van der Waals surface area (Å²) in [6, 6.07) is 0. The highest BCUT2D eigenvalue weighted by Gasteiger charge is 2.49. The number of imide groups is 1. The van der Waals surface area contributed by atoms with Crippen molar-refractivity contribution >= 4 is 23.8 Å². The van der Waals surface area contributed by atoms with Crippen LogP contribution in [0.1, 0.15) is 32.1 Å². The molecule has 0 radical (unpaired) electrons. The van der Waals surface area contributed by atoms with E-state index in [1.165, 1.54) is 12.2 Å². The minimum absolute atomic E-state index is 0.0521. The van der Waals surface area contributed by atoms with Crippen LogP contribution in [0.25, 0.3) is 0 Å². The summed E-state index contributed by atoms with van der Waals surface area (Å²) in [7, 11) is 0. The summed E-state index contributed by atoms with van der Waals surface area (Å²) in [6.07, 6.45) is 6.16. The fourth-order valence-corrected chi connectivity index (χ4v) is 4.49. The molecule has 1 fully saturated rings. The zero-order valence-corrected chi connectivity index (χ0v) is 21.2. The predicted molar refractivity (Wildman–Crippen MR) is 132 cm³/mol. The molecule has 1 heterocycles. The Labute approximate surface area is 217 Å². The van der Waals surface area contributed by atoms with Gasteiger partial charge in [0.1, 0.15) is 0 Å². The summed E-state index contributed by atoms with van der Waals surface area (Å²) < 4.78 is 21.6. The van der Waals surface area contributed by atoms with Crippen molar-refractivity contribution in [1.29, 1.82) is 0 Å². The first-order chi connectivity index (χ1) is 18.1. The maximum atomic E-state index is 11.8. The monoisotopic (exact) mass is 519 g/mol. The molecule has 2 atom stereocenters. The first-order valence-electron chi connectivity index (χ1n) is 13.0. The van der Waals surface area contributed by atoms with E-state index in [1.54, 1.807) is 0 Å². The van der Waals surface area contributed by atoms with Gasteiger partial charge in [-0.3, -0.25) is 19.3 Å². The van der Waals surface area contributed by atoms with Gasteiger partial charge in [-0.15, -0.1) is 11.8 Å². The Morgan fingerprint density at radius 1 is 0.838 bits per heavy atom. The van der Waals surface area contributed by atoms with E-state index in [1.807, 2.05) is 0 Å². The van der Waals surface area contributed by atoms with Crippen molar-refractivity contribution in [2.45, 2.75) is 32.1 Å². The molecule has 11 nitrogen and oxygen atoms in total. The van der Waals surface area contributed by atoms with Crippen LogP contribution in [0.3, 0.4) is 0 Å². The fraction of sp³-hybridized carbons (Fsp3) is 0.692. The molecule has 204 valence electrons. The lowest BCUT2D eigenvalue weighted by molar-refractivity contribution is -0.137. The highest BCUT2D eigenvalue weighted by Crippen LogP contribution is 2.52. The van der Waals surface area contributed by atoms with Gasteiger partial charge in [-0.05, 0) is 30.6 Å². The number of hydrogen-bond donors (Lipinski definition) is 2. The molecule has 11 heteroatoms. The van der Waals surface area contributed by atoms with E-state index in [9.17, 15) is 19.2 Å². The van der Waals surface area contributed by atoms with E-state index in [0.717, 1.165) is 30.6 Å². The summed E-state index contributed by atoms with van der Waals surface area (Å²) >= 11 is 0. The van der Waals surface area contributed by atoms with Gasteiger partial charge in [0.25, 0.3) is 11.8 Å². The van der Waals surface area contributed by atoms with Gasteiger partial charge in [0.2, 0.25) is 5.91 Å². The number of nitrogens with one attached hydrogen (secondary N) is 2. The Hall–Kier alpha value is -2.94. The second kappa shape index (κ2) is 16.0. The second-order valence-electron chi connectivity index (χ2n) is 9.05. The molecule has 3 rings (SSSR count). The van der Waals surface area contributed by atoms with Crippen molar-refractivity contribution in [3.8, 4) is 11.8 Å². The van der Waals surface area contributed by atoms with Crippen LogP contribution >= 0.6 is 0 Å². The van der Waals surface area contributed by atoms with Crippen molar-refractivity contribution in [3.63, 3.8) is 0 Å². The van der Waals surface area contributed by atoms with Crippen LogP contribution < -0.4 is 10.6 Å². The fourth-order valence-electron chi connectivity index (χ4n) is 4.49. The van der Waals surface area contributed by atoms with Gasteiger partial charge in [-0.2, -0.15) is 0 Å². The maximum absolute atomic E-state index is 11.8. The minimum Gasteiger partial charge on any atom is -0.449 e.